The summed E-state index contributed by atoms with van der Waals surface area (Å²) in [5, 5.41) is 0. The molecule has 1 aromatic rings. The van der Waals surface area contributed by atoms with Crippen molar-refractivity contribution in [2.45, 2.75) is 19.4 Å². The van der Waals surface area contributed by atoms with Crippen molar-refractivity contribution >= 4 is 0 Å². The number of hydrogen-bond donors (Lipinski definition) is 1. The van der Waals surface area contributed by atoms with Crippen LogP contribution >= 0.6 is 0 Å². The molecule has 1 heterocycles. The zero-order valence-corrected chi connectivity index (χ0v) is 7.45. The number of hydrogen-bond acceptors (Lipinski definition) is 3. The Labute approximate surface area is 77.4 Å². The summed E-state index contributed by atoms with van der Waals surface area (Å²) >= 11 is 0. The van der Waals surface area contributed by atoms with E-state index < -0.39 is 0 Å². The van der Waals surface area contributed by atoms with E-state index in [2.05, 4.69) is 6.07 Å². The van der Waals surface area contributed by atoms with Gasteiger partial charge in [0.15, 0.2) is 5.75 Å². The average molecular weight is 179 g/mol. The van der Waals surface area contributed by atoms with E-state index in [0.29, 0.717) is 13.2 Å². The number of rotatable bonds is 1. The lowest BCUT2D eigenvalue weighted by atomic mass is 10.1. The van der Waals surface area contributed by atoms with Crippen LogP contribution in [0, 0.1) is 0 Å². The van der Waals surface area contributed by atoms with E-state index >= 15 is 0 Å². The molecule has 0 atom stereocenters. The highest BCUT2D eigenvalue weighted by Crippen LogP contribution is 2.27. The van der Waals surface area contributed by atoms with Gasteiger partial charge in [0.2, 0.25) is 0 Å². The molecule has 1 aliphatic rings. The van der Waals surface area contributed by atoms with Crippen LogP contribution in [-0.4, -0.2) is 6.61 Å². The molecule has 2 rings (SSSR count). The van der Waals surface area contributed by atoms with E-state index in [1.54, 1.807) is 0 Å². The second-order valence-electron chi connectivity index (χ2n) is 3.12. The molecule has 1 aromatic carbocycles. The van der Waals surface area contributed by atoms with Crippen molar-refractivity contribution in [3.05, 3.63) is 29.3 Å². The molecule has 0 aliphatic carbocycles. The van der Waals surface area contributed by atoms with Gasteiger partial charge in [-0.1, -0.05) is 18.2 Å². The molecule has 0 aromatic heterocycles. The van der Waals surface area contributed by atoms with Gasteiger partial charge in [-0.15, -0.1) is 0 Å². The Bertz CT molecular complexity index is 299. The maximum absolute atomic E-state index is 5.59. The van der Waals surface area contributed by atoms with Crippen molar-refractivity contribution in [2.75, 3.05) is 6.61 Å². The molecule has 2 N–H and O–H groups in total. The molecule has 3 nitrogen and oxygen atoms in total. The van der Waals surface area contributed by atoms with Crippen LogP contribution in [0.15, 0.2) is 18.2 Å². The summed E-state index contributed by atoms with van der Waals surface area (Å²) < 4.78 is 0. The summed E-state index contributed by atoms with van der Waals surface area (Å²) in [5.41, 5.74) is 7.80. The standard InChI is InChI=1S/C10H13NO2/c11-7-9-4-1-3-8-5-2-6-12-13-10(8)9/h1,3-4H,2,5-7,11H2. The molecule has 0 fully saturated rings. The predicted molar refractivity (Wildman–Crippen MR) is 49.2 cm³/mol. The van der Waals surface area contributed by atoms with Gasteiger partial charge < -0.3 is 10.6 Å². The molecule has 0 amide bonds. The Morgan fingerprint density at radius 3 is 3.15 bits per heavy atom. The molecule has 13 heavy (non-hydrogen) atoms. The van der Waals surface area contributed by atoms with Gasteiger partial charge in [0.25, 0.3) is 0 Å². The lowest BCUT2D eigenvalue weighted by molar-refractivity contribution is -0.204. The third kappa shape index (κ3) is 1.66. The van der Waals surface area contributed by atoms with Crippen molar-refractivity contribution in [2.24, 2.45) is 5.73 Å². The Morgan fingerprint density at radius 2 is 2.31 bits per heavy atom. The lowest BCUT2D eigenvalue weighted by Crippen LogP contribution is -2.03. The second-order valence-corrected chi connectivity index (χ2v) is 3.12. The molecule has 0 saturated heterocycles. The first-order valence-corrected chi connectivity index (χ1v) is 4.52. The molecule has 0 saturated carbocycles. The van der Waals surface area contributed by atoms with Gasteiger partial charge in [0.05, 0.1) is 6.61 Å². The minimum absolute atomic E-state index is 0.493. The molecular formula is C10H13NO2. The van der Waals surface area contributed by atoms with E-state index in [0.717, 1.165) is 24.2 Å². The fraction of sp³-hybridized carbons (Fsp3) is 0.400. The summed E-state index contributed by atoms with van der Waals surface area (Å²) in [7, 11) is 0. The zero-order valence-electron chi connectivity index (χ0n) is 7.45. The molecule has 1 aliphatic heterocycles. The van der Waals surface area contributed by atoms with Gasteiger partial charge >= 0.3 is 0 Å². The lowest BCUT2D eigenvalue weighted by Gasteiger charge is -2.08. The molecule has 3 heteroatoms. The number of aryl methyl sites for hydroxylation is 1. The smallest absolute Gasteiger partial charge is 0.173 e. The van der Waals surface area contributed by atoms with E-state index in [4.69, 9.17) is 15.5 Å². The Balaban J connectivity index is 2.40. The van der Waals surface area contributed by atoms with Crippen molar-refractivity contribution in [1.29, 1.82) is 0 Å². The van der Waals surface area contributed by atoms with Crippen LogP contribution in [0.4, 0.5) is 0 Å². The van der Waals surface area contributed by atoms with E-state index in [1.807, 2.05) is 12.1 Å². The first-order chi connectivity index (χ1) is 6.42. The summed E-state index contributed by atoms with van der Waals surface area (Å²) in [5.74, 6) is 0.822. The first-order valence-electron chi connectivity index (χ1n) is 4.52. The number of benzene rings is 1. The SMILES string of the molecule is NCc1cccc2c1OOCCC2. The summed E-state index contributed by atoms with van der Waals surface area (Å²) in [4.78, 5) is 10.2. The monoisotopic (exact) mass is 179 g/mol. The largest absolute Gasteiger partial charge is 0.337 e. The molecule has 70 valence electrons. The Morgan fingerprint density at radius 1 is 1.38 bits per heavy atom. The van der Waals surface area contributed by atoms with Crippen molar-refractivity contribution in [3.63, 3.8) is 0 Å². The molecule has 0 spiro atoms. The second kappa shape index (κ2) is 3.77. The molecule has 0 unspecified atom stereocenters. The maximum atomic E-state index is 5.59. The van der Waals surface area contributed by atoms with Crippen LogP contribution in [-0.2, 0) is 17.9 Å². The van der Waals surface area contributed by atoms with Crippen LogP contribution in [0.1, 0.15) is 17.5 Å². The predicted octanol–water partition coefficient (Wildman–Crippen LogP) is 1.40. The Hall–Kier alpha value is -1.06. The van der Waals surface area contributed by atoms with E-state index in [-0.39, 0.29) is 0 Å². The third-order valence-corrected chi connectivity index (χ3v) is 2.21. The van der Waals surface area contributed by atoms with Gasteiger partial charge in [-0.25, -0.2) is 0 Å². The quantitative estimate of drug-likeness (QED) is 0.663. The summed E-state index contributed by atoms with van der Waals surface area (Å²) in [6.07, 6.45) is 2.00. The zero-order chi connectivity index (χ0) is 9.10. The van der Waals surface area contributed by atoms with Crippen LogP contribution in [0.3, 0.4) is 0 Å². The van der Waals surface area contributed by atoms with Crippen molar-refractivity contribution < 1.29 is 9.78 Å². The van der Waals surface area contributed by atoms with Gasteiger partial charge in [-0.3, -0.25) is 0 Å². The fourth-order valence-electron chi connectivity index (χ4n) is 1.52. The van der Waals surface area contributed by atoms with Crippen LogP contribution in [0.2, 0.25) is 0 Å². The van der Waals surface area contributed by atoms with Crippen molar-refractivity contribution in [3.8, 4) is 5.75 Å². The van der Waals surface area contributed by atoms with Gasteiger partial charge in [-0.2, -0.15) is 4.89 Å². The fourth-order valence-corrected chi connectivity index (χ4v) is 1.52. The summed E-state index contributed by atoms with van der Waals surface area (Å²) in [6, 6.07) is 6.03. The first kappa shape index (κ1) is 8.53. The number of nitrogens with two attached hydrogens (primary N) is 1. The van der Waals surface area contributed by atoms with Crippen LogP contribution < -0.4 is 10.6 Å². The Kier molecular flexibility index (Phi) is 2.47. The highest BCUT2D eigenvalue weighted by Gasteiger charge is 2.12. The van der Waals surface area contributed by atoms with Gasteiger partial charge in [0, 0.05) is 12.1 Å². The van der Waals surface area contributed by atoms with Gasteiger partial charge in [-0.05, 0) is 18.4 Å². The molecule has 0 radical (unpaired) electrons. The van der Waals surface area contributed by atoms with Crippen molar-refractivity contribution in [1.82, 2.24) is 0 Å². The minimum Gasteiger partial charge on any atom is -0.337 e. The molecule has 0 bridgehead atoms. The molecular weight excluding hydrogens is 166 g/mol. The average Bonchev–Trinajstić information content (AvgIpc) is 2.41. The van der Waals surface area contributed by atoms with E-state index in [1.165, 1.54) is 5.56 Å². The topological polar surface area (TPSA) is 44.5 Å². The van der Waals surface area contributed by atoms with Crippen LogP contribution in [0.25, 0.3) is 0 Å². The highest BCUT2D eigenvalue weighted by molar-refractivity contribution is 5.41. The normalized spacial score (nSPS) is 15.8. The van der Waals surface area contributed by atoms with E-state index in [9.17, 15) is 0 Å². The highest BCUT2D eigenvalue weighted by atomic mass is 17.2. The minimum atomic E-state index is 0.493. The third-order valence-electron chi connectivity index (χ3n) is 2.21. The maximum Gasteiger partial charge on any atom is 0.173 e. The van der Waals surface area contributed by atoms with Gasteiger partial charge in [0.1, 0.15) is 0 Å². The summed E-state index contributed by atoms with van der Waals surface area (Å²) in [6.45, 7) is 1.14. The number of fused-ring (bicyclic) bond motifs is 1. The number of para-hydroxylation sites is 1. The van der Waals surface area contributed by atoms with Crippen LogP contribution in [0.5, 0.6) is 5.75 Å².